The second kappa shape index (κ2) is 2.05. The van der Waals surface area contributed by atoms with Gasteiger partial charge in [0.15, 0.2) is 0 Å². The third-order valence-corrected chi connectivity index (χ3v) is 4.47. The van der Waals surface area contributed by atoms with Crippen LogP contribution in [0.5, 0.6) is 0 Å². The molecule has 0 aromatic rings. The van der Waals surface area contributed by atoms with Gasteiger partial charge in [0.25, 0.3) is 0 Å². The Labute approximate surface area is 74.1 Å². The number of hydrogen-bond acceptors (Lipinski definition) is 2. The molecule has 2 heteroatoms. The van der Waals surface area contributed by atoms with Crippen molar-refractivity contribution in [3.8, 4) is 0 Å². The minimum Gasteiger partial charge on any atom is -0.388 e. The molecular formula is C10H19NO. The van der Waals surface area contributed by atoms with E-state index in [1.54, 1.807) is 0 Å². The Morgan fingerprint density at radius 2 is 1.83 bits per heavy atom. The highest BCUT2D eigenvalue weighted by Gasteiger charge is 2.61. The maximum absolute atomic E-state index is 10.2. The van der Waals surface area contributed by atoms with Gasteiger partial charge in [-0.1, -0.05) is 13.8 Å². The molecule has 3 rings (SSSR count). The molecule has 2 bridgehead atoms. The van der Waals surface area contributed by atoms with E-state index in [0.29, 0.717) is 11.3 Å². The topological polar surface area (TPSA) is 46.2 Å². The maximum Gasteiger partial charge on any atom is 0.0803 e. The van der Waals surface area contributed by atoms with Crippen molar-refractivity contribution in [1.82, 2.24) is 0 Å². The Balaban J connectivity index is 2.27. The van der Waals surface area contributed by atoms with Crippen LogP contribution < -0.4 is 5.73 Å². The Hall–Kier alpha value is -0.0800. The van der Waals surface area contributed by atoms with Crippen molar-refractivity contribution in [2.24, 2.45) is 23.0 Å². The number of nitrogens with two attached hydrogens (primary N) is 1. The fourth-order valence-electron chi connectivity index (χ4n) is 3.21. The Morgan fingerprint density at radius 1 is 1.25 bits per heavy atom. The average Bonchev–Trinajstić information content (AvgIpc) is 1.93. The van der Waals surface area contributed by atoms with Crippen LogP contribution in [0.3, 0.4) is 0 Å². The smallest absolute Gasteiger partial charge is 0.0803 e. The van der Waals surface area contributed by atoms with Gasteiger partial charge in [0.2, 0.25) is 0 Å². The van der Waals surface area contributed by atoms with Crippen molar-refractivity contribution in [3.05, 3.63) is 0 Å². The van der Waals surface area contributed by atoms with Crippen LogP contribution in [0.2, 0.25) is 0 Å². The van der Waals surface area contributed by atoms with Gasteiger partial charge >= 0.3 is 0 Å². The highest BCUT2D eigenvalue weighted by Crippen LogP contribution is 2.62. The van der Waals surface area contributed by atoms with Crippen molar-refractivity contribution in [2.45, 2.75) is 45.3 Å². The summed E-state index contributed by atoms with van der Waals surface area (Å²) >= 11 is 0. The highest BCUT2D eigenvalue weighted by molar-refractivity contribution is 5.13. The molecule has 3 saturated carbocycles. The molecule has 0 heterocycles. The number of fused-ring (bicyclic) bond motifs is 2. The molecule has 0 aromatic heterocycles. The zero-order valence-electron chi connectivity index (χ0n) is 8.17. The molecule has 70 valence electrons. The molecule has 0 aliphatic heterocycles. The van der Waals surface area contributed by atoms with Gasteiger partial charge in [0.1, 0.15) is 0 Å². The molecule has 0 aromatic carbocycles. The van der Waals surface area contributed by atoms with Crippen LogP contribution in [0.15, 0.2) is 0 Å². The van der Waals surface area contributed by atoms with E-state index in [-0.39, 0.29) is 6.04 Å². The van der Waals surface area contributed by atoms with Gasteiger partial charge in [0, 0.05) is 6.04 Å². The standard InChI is InChI=1S/C10H19NO/c1-9(2)6-4-7(9)10(3,12)8(11)5-6/h6-8,12H,4-5,11H2,1-3H3/t6-,7-,8+,10-/m0/s1. The molecule has 3 fully saturated rings. The summed E-state index contributed by atoms with van der Waals surface area (Å²) in [4.78, 5) is 0. The average molecular weight is 169 g/mol. The quantitative estimate of drug-likeness (QED) is 0.571. The van der Waals surface area contributed by atoms with Gasteiger partial charge in [-0.2, -0.15) is 0 Å². The fraction of sp³-hybridized carbons (Fsp3) is 1.00. The monoisotopic (exact) mass is 169 g/mol. The van der Waals surface area contributed by atoms with Gasteiger partial charge in [-0.25, -0.2) is 0 Å². The van der Waals surface area contributed by atoms with Crippen LogP contribution >= 0.6 is 0 Å². The predicted molar refractivity (Wildman–Crippen MR) is 48.6 cm³/mol. The molecule has 12 heavy (non-hydrogen) atoms. The zero-order chi connectivity index (χ0) is 9.15. The normalized spacial score (nSPS) is 56.2. The summed E-state index contributed by atoms with van der Waals surface area (Å²) in [6, 6.07) is -0.00530. The summed E-state index contributed by atoms with van der Waals surface area (Å²) < 4.78 is 0. The lowest BCUT2D eigenvalue weighted by molar-refractivity contribution is -0.202. The SMILES string of the molecule is CC1(C)[C@@H]2C[C@@H](N)[C@@](C)(O)[C@H]1C2. The largest absolute Gasteiger partial charge is 0.388 e. The first-order valence-corrected chi connectivity index (χ1v) is 4.84. The summed E-state index contributed by atoms with van der Waals surface area (Å²) in [6.45, 7) is 6.41. The third kappa shape index (κ3) is 0.775. The van der Waals surface area contributed by atoms with Gasteiger partial charge in [-0.3, -0.25) is 0 Å². The first-order valence-electron chi connectivity index (χ1n) is 4.84. The van der Waals surface area contributed by atoms with E-state index in [0.717, 1.165) is 12.3 Å². The molecule has 4 atom stereocenters. The summed E-state index contributed by atoms with van der Waals surface area (Å²) in [7, 11) is 0. The molecule has 0 saturated heterocycles. The third-order valence-electron chi connectivity index (χ3n) is 4.47. The summed E-state index contributed by atoms with van der Waals surface area (Å²) in [5.74, 6) is 1.16. The van der Waals surface area contributed by atoms with Crippen LogP contribution in [-0.4, -0.2) is 16.7 Å². The van der Waals surface area contributed by atoms with Gasteiger partial charge in [-0.05, 0) is 37.0 Å². The predicted octanol–water partition coefficient (Wildman–Crippen LogP) is 1.13. The molecule has 0 unspecified atom stereocenters. The van der Waals surface area contributed by atoms with Gasteiger partial charge < -0.3 is 10.8 Å². The molecule has 0 radical (unpaired) electrons. The lowest BCUT2D eigenvalue weighted by Gasteiger charge is -2.64. The second-order valence-electron chi connectivity index (χ2n) is 5.37. The number of hydrogen-bond donors (Lipinski definition) is 2. The van der Waals surface area contributed by atoms with Crippen LogP contribution in [0.25, 0.3) is 0 Å². The zero-order valence-corrected chi connectivity index (χ0v) is 8.17. The van der Waals surface area contributed by atoms with E-state index in [4.69, 9.17) is 5.73 Å². The minimum absolute atomic E-state index is 0.00530. The lowest BCUT2D eigenvalue weighted by Crippen LogP contribution is -2.68. The van der Waals surface area contributed by atoms with Crippen molar-refractivity contribution in [1.29, 1.82) is 0 Å². The van der Waals surface area contributed by atoms with Crippen LogP contribution in [0.4, 0.5) is 0 Å². The maximum atomic E-state index is 10.2. The van der Waals surface area contributed by atoms with E-state index in [1.165, 1.54) is 6.42 Å². The number of rotatable bonds is 0. The van der Waals surface area contributed by atoms with Gasteiger partial charge in [-0.15, -0.1) is 0 Å². The van der Waals surface area contributed by atoms with Crippen LogP contribution in [0, 0.1) is 17.3 Å². The van der Waals surface area contributed by atoms with Crippen LogP contribution in [0.1, 0.15) is 33.6 Å². The minimum atomic E-state index is -0.627. The molecule has 3 aliphatic rings. The second-order valence-corrected chi connectivity index (χ2v) is 5.37. The van der Waals surface area contributed by atoms with Crippen molar-refractivity contribution in [3.63, 3.8) is 0 Å². The van der Waals surface area contributed by atoms with E-state index in [2.05, 4.69) is 13.8 Å². The van der Waals surface area contributed by atoms with E-state index >= 15 is 0 Å². The summed E-state index contributed by atoms with van der Waals surface area (Å²) in [5, 5.41) is 10.2. The Bertz CT molecular complexity index is 210. The summed E-state index contributed by atoms with van der Waals surface area (Å²) in [5.41, 5.74) is 5.60. The molecule has 0 amide bonds. The Kier molecular flexibility index (Phi) is 1.45. The van der Waals surface area contributed by atoms with Crippen molar-refractivity contribution < 1.29 is 5.11 Å². The number of aliphatic hydroxyl groups is 1. The molecular weight excluding hydrogens is 150 g/mol. The lowest BCUT2D eigenvalue weighted by atomic mass is 9.43. The highest BCUT2D eigenvalue weighted by atomic mass is 16.3. The first kappa shape index (κ1) is 8.52. The van der Waals surface area contributed by atoms with E-state index in [1.807, 2.05) is 6.92 Å². The fourth-order valence-corrected chi connectivity index (χ4v) is 3.21. The Morgan fingerprint density at radius 3 is 2.17 bits per heavy atom. The van der Waals surface area contributed by atoms with Crippen molar-refractivity contribution >= 4 is 0 Å². The van der Waals surface area contributed by atoms with E-state index < -0.39 is 5.60 Å². The molecule has 0 spiro atoms. The molecule has 3 N–H and O–H groups in total. The molecule has 2 nitrogen and oxygen atoms in total. The van der Waals surface area contributed by atoms with Gasteiger partial charge in [0.05, 0.1) is 5.60 Å². The van der Waals surface area contributed by atoms with Crippen LogP contribution in [-0.2, 0) is 0 Å². The molecule has 3 aliphatic carbocycles. The first-order chi connectivity index (χ1) is 5.37. The summed E-state index contributed by atoms with van der Waals surface area (Å²) in [6.07, 6.45) is 2.17. The van der Waals surface area contributed by atoms with E-state index in [9.17, 15) is 5.11 Å². The van der Waals surface area contributed by atoms with Crippen molar-refractivity contribution in [2.75, 3.05) is 0 Å².